The van der Waals surface area contributed by atoms with E-state index in [0.29, 0.717) is 31.2 Å². The molecule has 4 nitrogen and oxygen atoms in total. The molecule has 0 saturated heterocycles. The number of benzene rings is 2. The molecule has 26 heavy (non-hydrogen) atoms. The second-order valence-corrected chi connectivity index (χ2v) is 6.51. The van der Waals surface area contributed by atoms with Gasteiger partial charge in [-0.1, -0.05) is 29.8 Å². The monoisotopic (exact) mass is 490 g/mol. The van der Waals surface area contributed by atoms with E-state index in [1.165, 1.54) is 6.07 Å². The van der Waals surface area contributed by atoms with Gasteiger partial charge in [-0.05, 0) is 49.5 Å². The van der Waals surface area contributed by atoms with E-state index in [4.69, 9.17) is 11.6 Å². The minimum atomic E-state index is -0.178. The fraction of sp³-hybridized carbons (Fsp3) is 0.316. The highest BCUT2D eigenvalue weighted by atomic mass is 127. The molecule has 0 aliphatic rings. The number of hydrogen-bond acceptors (Lipinski definition) is 2. The molecule has 0 aliphatic heterocycles. The molecule has 7 heteroatoms. The molecule has 0 radical (unpaired) electrons. The van der Waals surface area contributed by atoms with Crippen molar-refractivity contribution >= 4 is 41.5 Å². The van der Waals surface area contributed by atoms with E-state index in [2.05, 4.69) is 15.6 Å². The van der Waals surface area contributed by atoms with Gasteiger partial charge in [0.25, 0.3) is 0 Å². The van der Waals surface area contributed by atoms with Crippen molar-refractivity contribution < 1.29 is 4.39 Å². The summed E-state index contributed by atoms with van der Waals surface area (Å²) in [5, 5.41) is 7.21. The third kappa shape index (κ3) is 7.47. The van der Waals surface area contributed by atoms with Crippen molar-refractivity contribution in [3.05, 3.63) is 70.0 Å². The number of hydrogen-bond donors (Lipinski definition) is 2. The van der Waals surface area contributed by atoms with Gasteiger partial charge in [0, 0.05) is 37.3 Å². The molecule has 2 aromatic carbocycles. The van der Waals surface area contributed by atoms with Crippen LogP contribution in [0.5, 0.6) is 0 Å². The van der Waals surface area contributed by atoms with Crippen molar-refractivity contribution in [2.24, 2.45) is 4.99 Å². The molecule has 0 aliphatic carbocycles. The topological polar surface area (TPSA) is 39.7 Å². The summed E-state index contributed by atoms with van der Waals surface area (Å²) in [6.45, 7) is 1.79. The van der Waals surface area contributed by atoms with Crippen molar-refractivity contribution in [1.82, 2.24) is 15.5 Å². The molecule has 0 saturated carbocycles. The highest BCUT2D eigenvalue weighted by Crippen LogP contribution is 2.12. The van der Waals surface area contributed by atoms with Crippen molar-refractivity contribution in [2.75, 3.05) is 21.1 Å². The van der Waals surface area contributed by atoms with Gasteiger partial charge in [0.1, 0.15) is 5.82 Å². The van der Waals surface area contributed by atoms with Gasteiger partial charge in [0.15, 0.2) is 5.96 Å². The highest BCUT2D eigenvalue weighted by molar-refractivity contribution is 14.0. The average Bonchev–Trinajstić information content (AvgIpc) is 2.59. The van der Waals surface area contributed by atoms with Crippen LogP contribution in [0.1, 0.15) is 16.7 Å². The maximum Gasteiger partial charge on any atom is 0.191 e. The molecule has 0 unspecified atom stereocenters. The zero-order valence-electron chi connectivity index (χ0n) is 15.2. The zero-order chi connectivity index (χ0) is 18.2. The van der Waals surface area contributed by atoms with E-state index < -0.39 is 0 Å². The number of halogens is 3. The predicted molar refractivity (Wildman–Crippen MR) is 118 cm³/mol. The van der Waals surface area contributed by atoms with E-state index in [1.807, 2.05) is 49.3 Å². The Hall–Kier alpha value is -1.38. The predicted octanol–water partition coefficient (Wildman–Crippen LogP) is 4.02. The number of rotatable bonds is 6. The molecule has 2 rings (SSSR count). The van der Waals surface area contributed by atoms with Crippen LogP contribution in [0, 0.1) is 5.82 Å². The SMILES string of the molecule is CN=C(NCc1ccc(Cl)cc1)NCc1ccc(F)c(CN(C)C)c1.I. The summed E-state index contributed by atoms with van der Waals surface area (Å²) >= 11 is 5.89. The Morgan fingerprint density at radius 1 is 1.04 bits per heavy atom. The number of guanidine groups is 1. The molecule has 0 heterocycles. The lowest BCUT2D eigenvalue weighted by Gasteiger charge is -2.14. The number of nitrogens with one attached hydrogen (secondary N) is 2. The summed E-state index contributed by atoms with van der Waals surface area (Å²) in [5.74, 6) is 0.510. The van der Waals surface area contributed by atoms with Gasteiger partial charge in [0.2, 0.25) is 0 Å². The van der Waals surface area contributed by atoms with Crippen molar-refractivity contribution in [3.8, 4) is 0 Å². The fourth-order valence-electron chi connectivity index (χ4n) is 2.39. The lowest BCUT2D eigenvalue weighted by atomic mass is 10.1. The quantitative estimate of drug-likeness (QED) is 0.365. The largest absolute Gasteiger partial charge is 0.352 e. The molecule has 0 bridgehead atoms. The van der Waals surface area contributed by atoms with Gasteiger partial charge >= 0.3 is 0 Å². The van der Waals surface area contributed by atoms with Crippen LogP contribution >= 0.6 is 35.6 Å². The first-order chi connectivity index (χ1) is 12.0. The first-order valence-corrected chi connectivity index (χ1v) is 8.46. The second kappa shape index (κ2) is 11.4. The second-order valence-electron chi connectivity index (χ2n) is 6.07. The Balaban J connectivity index is 0.00000338. The molecule has 0 atom stereocenters. The molecule has 2 aromatic rings. The number of nitrogens with zero attached hydrogens (tertiary/aromatic N) is 2. The van der Waals surface area contributed by atoms with E-state index in [9.17, 15) is 4.39 Å². The Labute approximate surface area is 176 Å². The Morgan fingerprint density at radius 3 is 2.19 bits per heavy atom. The van der Waals surface area contributed by atoms with Crippen molar-refractivity contribution in [3.63, 3.8) is 0 Å². The molecular formula is C19H25ClFIN4. The summed E-state index contributed by atoms with van der Waals surface area (Å²) in [5.41, 5.74) is 2.81. The third-order valence-corrected chi connectivity index (χ3v) is 3.91. The molecule has 142 valence electrons. The van der Waals surface area contributed by atoms with E-state index in [0.717, 1.165) is 16.1 Å². The van der Waals surface area contributed by atoms with Gasteiger partial charge in [-0.2, -0.15) is 0 Å². The van der Waals surface area contributed by atoms with E-state index >= 15 is 0 Å². The maximum atomic E-state index is 13.8. The molecule has 0 aromatic heterocycles. The molecule has 0 amide bonds. The molecular weight excluding hydrogens is 466 g/mol. The highest BCUT2D eigenvalue weighted by Gasteiger charge is 2.06. The van der Waals surface area contributed by atoms with Crippen molar-refractivity contribution in [1.29, 1.82) is 0 Å². The van der Waals surface area contributed by atoms with Gasteiger partial charge in [-0.3, -0.25) is 4.99 Å². The van der Waals surface area contributed by atoms with Crippen LogP contribution < -0.4 is 10.6 Å². The Morgan fingerprint density at radius 2 is 1.62 bits per heavy atom. The summed E-state index contributed by atoms with van der Waals surface area (Å²) in [6.07, 6.45) is 0. The smallest absolute Gasteiger partial charge is 0.191 e. The minimum Gasteiger partial charge on any atom is -0.352 e. The van der Waals surface area contributed by atoms with Crippen LogP contribution in [-0.2, 0) is 19.6 Å². The van der Waals surface area contributed by atoms with Crippen LogP contribution in [-0.4, -0.2) is 32.0 Å². The molecule has 2 N–H and O–H groups in total. The fourth-order valence-corrected chi connectivity index (χ4v) is 2.52. The Bertz CT molecular complexity index is 720. The minimum absolute atomic E-state index is 0. The van der Waals surface area contributed by atoms with E-state index in [1.54, 1.807) is 13.1 Å². The zero-order valence-corrected chi connectivity index (χ0v) is 18.3. The van der Waals surface area contributed by atoms with Gasteiger partial charge in [-0.15, -0.1) is 24.0 Å². The molecule has 0 fully saturated rings. The van der Waals surface area contributed by atoms with Crippen LogP contribution in [0.2, 0.25) is 5.02 Å². The van der Waals surface area contributed by atoms with Gasteiger partial charge in [-0.25, -0.2) is 4.39 Å². The number of aliphatic imine (C=N–C) groups is 1. The third-order valence-electron chi connectivity index (χ3n) is 3.65. The van der Waals surface area contributed by atoms with Crippen molar-refractivity contribution in [2.45, 2.75) is 19.6 Å². The maximum absolute atomic E-state index is 13.8. The van der Waals surface area contributed by atoms with Crippen LogP contribution in [0.25, 0.3) is 0 Å². The molecule has 0 spiro atoms. The lowest BCUT2D eigenvalue weighted by Crippen LogP contribution is -2.36. The van der Waals surface area contributed by atoms with Crippen LogP contribution in [0.3, 0.4) is 0 Å². The van der Waals surface area contributed by atoms with Gasteiger partial charge < -0.3 is 15.5 Å². The van der Waals surface area contributed by atoms with Gasteiger partial charge in [0.05, 0.1) is 0 Å². The van der Waals surface area contributed by atoms with Crippen LogP contribution in [0.15, 0.2) is 47.5 Å². The summed E-state index contributed by atoms with van der Waals surface area (Å²) in [4.78, 5) is 6.16. The first-order valence-electron chi connectivity index (χ1n) is 8.09. The summed E-state index contributed by atoms with van der Waals surface area (Å²) in [6, 6.07) is 12.8. The Kier molecular flexibility index (Phi) is 9.90. The first kappa shape index (κ1) is 22.7. The summed E-state index contributed by atoms with van der Waals surface area (Å²) in [7, 11) is 5.57. The average molecular weight is 491 g/mol. The standard InChI is InChI=1S/C19H24ClFN4.HI/c1-22-19(23-11-14-4-7-17(20)8-5-14)24-12-15-6-9-18(21)16(10-15)13-25(2)3;/h4-10H,11-13H2,1-3H3,(H2,22,23,24);1H. The van der Waals surface area contributed by atoms with Crippen LogP contribution in [0.4, 0.5) is 4.39 Å². The summed E-state index contributed by atoms with van der Waals surface area (Å²) < 4.78 is 13.8. The van der Waals surface area contributed by atoms with E-state index in [-0.39, 0.29) is 29.8 Å². The normalized spacial score (nSPS) is 11.2. The lowest BCUT2D eigenvalue weighted by molar-refractivity contribution is 0.392.